The number of aromatic nitrogens is 2. The average Bonchev–Trinajstić information content (AvgIpc) is 2.30. The summed E-state index contributed by atoms with van der Waals surface area (Å²) in [7, 11) is 0. The van der Waals surface area contributed by atoms with Crippen LogP contribution >= 0.6 is 11.9 Å². The fourth-order valence-corrected chi connectivity index (χ4v) is 1.61. The molecule has 0 spiro atoms. The SMILES string of the molecule is Nc1ccc(SNc2ccncn2)cc1. The lowest BCUT2D eigenvalue weighted by molar-refractivity contribution is 1.18. The minimum Gasteiger partial charge on any atom is -0.399 e. The molecule has 0 radical (unpaired) electrons. The van der Waals surface area contributed by atoms with Gasteiger partial charge in [-0.05, 0) is 42.3 Å². The van der Waals surface area contributed by atoms with Crippen molar-refractivity contribution in [2.24, 2.45) is 0 Å². The number of rotatable bonds is 3. The van der Waals surface area contributed by atoms with Gasteiger partial charge in [-0.15, -0.1) is 0 Å². The van der Waals surface area contributed by atoms with Crippen LogP contribution in [0, 0.1) is 0 Å². The molecule has 2 rings (SSSR count). The Morgan fingerprint density at radius 3 is 2.60 bits per heavy atom. The van der Waals surface area contributed by atoms with Crippen LogP contribution in [0.15, 0.2) is 47.8 Å². The third-order valence-corrected chi connectivity index (χ3v) is 2.55. The Balaban J connectivity index is 1.96. The first-order valence-corrected chi connectivity index (χ1v) is 5.20. The minimum atomic E-state index is 0.765. The molecule has 0 fully saturated rings. The molecule has 1 heterocycles. The van der Waals surface area contributed by atoms with Crippen LogP contribution in [-0.4, -0.2) is 9.97 Å². The summed E-state index contributed by atoms with van der Waals surface area (Å²) in [6.07, 6.45) is 3.20. The molecule has 3 N–H and O–H groups in total. The fourth-order valence-electron chi connectivity index (χ4n) is 0.998. The molecule has 15 heavy (non-hydrogen) atoms. The molecule has 0 bridgehead atoms. The van der Waals surface area contributed by atoms with Gasteiger partial charge in [0, 0.05) is 16.8 Å². The quantitative estimate of drug-likeness (QED) is 0.610. The van der Waals surface area contributed by atoms with Crippen LogP contribution in [-0.2, 0) is 0 Å². The molecule has 0 saturated carbocycles. The average molecular weight is 218 g/mol. The van der Waals surface area contributed by atoms with Crippen molar-refractivity contribution in [1.29, 1.82) is 0 Å². The van der Waals surface area contributed by atoms with Gasteiger partial charge in [-0.3, -0.25) is 0 Å². The number of nitrogens with two attached hydrogens (primary N) is 1. The number of hydrogen-bond donors (Lipinski definition) is 2. The summed E-state index contributed by atoms with van der Waals surface area (Å²) in [5.74, 6) is 0.784. The van der Waals surface area contributed by atoms with Crippen LogP contribution in [0.25, 0.3) is 0 Å². The molecule has 1 aromatic carbocycles. The Bertz CT molecular complexity index is 415. The molecule has 0 unspecified atom stereocenters. The number of nitrogens with zero attached hydrogens (tertiary/aromatic N) is 2. The van der Waals surface area contributed by atoms with E-state index in [1.165, 1.54) is 18.3 Å². The molecule has 0 saturated heterocycles. The second-order valence-electron chi connectivity index (χ2n) is 2.87. The number of hydrogen-bond acceptors (Lipinski definition) is 5. The van der Waals surface area contributed by atoms with E-state index in [1.807, 2.05) is 30.3 Å². The molecule has 5 heteroatoms. The number of nitrogens with one attached hydrogen (secondary N) is 1. The van der Waals surface area contributed by atoms with Crippen molar-refractivity contribution in [2.75, 3.05) is 10.5 Å². The minimum absolute atomic E-state index is 0.765. The summed E-state index contributed by atoms with van der Waals surface area (Å²) >= 11 is 1.49. The van der Waals surface area contributed by atoms with Gasteiger partial charge in [-0.25, -0.2) is 9.97 Å². The highest BCUT2D eigenvalue weighted by Crippen LogP contribution is 2.20. The predicted octanol–water partition coefficient (Wildman–Crippen LogP) is 2.18. The van der Waals surface area contributed by atoms with Crippen molar-refractivity contribution in [3.05, 3.63) is 42.9 Å². The van der Waals surface area contributed by atoms with E-state index in [2.05, 4.69) is 14.7 Å². The maximum absolute atomic E-state index is 5.58. The highest BCUT2D eigenvalue weighted by atomic mass is 32.2. The molecule has 0 atom stereocenters. The van der Waals surface area contributed by atoms with E-state index in [-0.39, 0.29) is 0 Å². The second kappa shape index (κ2) is 4.65. The highest BCUT2D eigenvalue weighted by Gasteiger charge is 1.95. The van der Waals surface area contributed by atoms with Crippen LogP contribution < -0.4 is 10.5 Å². The highest BCUT2D eigenvalue weighted by molar-refractivity contribution is 8.00. The van der Waals surface area contributed by atoms with Gasteiger partial charge in [-0.2, -0.15) is 0 Å². The van der Waals surface area contributed by atoms with Gasteiger partial charge in [0.25, 0.3) is 0 Å². The molecule has 0 amide bonds. The number of benzene rings is 1. The van der Waals surface area contributed by atoms with Crippen molar-refractivity contribution in [1.82, 2.24) is 9.97 Å². The zero-order valence-corrected chi connectivity index (χ0v) is 8.74. The van der Waals surface area contributed by atoms with Crippen molar-refractivity contribution < 1.29 is 0 Å². The van der Waals surface area contributed by atoms with E-state index in [0.717, 1.165) is 16.4 Å². The van der Waals surface area contributed by atoms with Crippen LogP contribution in [0.1, 0.15) is 0 Å². The molecule has 1 aromatic heterocycles. The first-order valence-electron chi connectivity index (χ1n) is 4.39. The van der Waals surface area contributed by atoms with E-state index in [0.29, 0.717) is 0 Å². The van der Waals surface area contributed by atoms with Crippen molar-refractivity contribution >= 4 is 23.5 Å². The van der Waals surface area contributed by atoms with Crippen molar-refractivity contribution in [2.45, 2.75) is 4.90 Å². The van der Waals surface area contributed by atoms with E-state index in [4.69, 9.17) is 5.73 Å². The molecular formula is C10H10N4S. The molecule has 0 aliphatic rings. The Kier molecular flexibility index (Phi) is 3.04. The lowest BCUT2D eigenvalue weighted by Gasteiger charge is -2.03. The van der Waals surface area contributed by atoms with Crippen LogP contribution in [0.2, 0.25) is 0 Å². The largest absolute Gasteiger partial charge is 0.399 e. The maximum atomic E-state index is 5.58. The lowest BCUT2D eigenvalue weighted by atomic mass is 10.3. The molecule has 0 aliphatic carbocycles. The number of anilines is 2. The summed E-state index contributed by atoms with van der Waals surface area (Å²) in [5.41, 5.74) is 6.35. The van der Waals surface area contributed by atoms with Gasteiger partial charge in [0.15, 0.2) is 0 Å². The normalized spacial score (nSPS) is 9.87. The lowest BCUT2D eigenvalue weighted by Crippen LogP contribution is -1.90. The zero-order valence-electron chi connectivity index (χ0n) is 7.92. The van der Waals surface area contributed by atoms with Gasteiger partial charge < -0.3 is 10.5 Å². The predicted molar refractivity (Wildman–Crippen MR) is 62.4 cm³/mol. The van der Waals surface area contributed by atoms with Crippen molar-refractivity contribution in [3.63, 3.8) is 0 Å². The zero-order chi connectivity index (χ0) is 10.5. The molecule has 0 aliphatic heterocycles. The molecule has 76 valence electrons. The fraction of sp³-hybridized carbons (Fsp3) is 0. The topological polar surface area (TPSA) is 63.8 Å². The monoisotopic (exact) mass is 218 g/mol. The standard InChI is InChI=1S/C10H10N4S/c11-8-1-3-9(4-2-8)15-14-10-5-6-12-7-13-10/h1-7H,11H2,(H,12,13,14). The summed E-state index contributed by atoms with van der Waals surface area (Å²) in [5, 5.41) is 0. The summed E-state index contributed by atoms with van der Waals surface area (Å²) < 4.78 is 3.11. The second-order valence-corrected chi connectivity index (χ2v) is 3.75. The summed E-state index contributed by atoms with van der Waals surface area (Å²) in [4.78, 5) is 8.96. The van der Waals surface area contributed by atoms with Crippen LogP contribution in [0.4, 0.5) is 11.5 Å². The maximum Gasteiger partial charge on any atom is 0.139 e. The van der Waals surface area contributed by atoms with E-state index >= 15 is 0 Å². The Morgan fingerprint density at radius 1 is 1.13 bits per heavy atom. The Hall–Kier alpha value is -1.75. The molecule has 4 nitrogen and oxygen atoms in total. The first-order chi connectivity index (χ1) is 7.34. The van der Waals surface area contributed by atoms with Gasteiger partial charge >= 0.3 is 0 Å². The van der Waals surface area contributed by atoms with Gasteiger partial charge in [0.05, 0.1) is 0 Å². The van der Waals surface area contributed by atoms with Gasteiger partial charge in [-0.1, -0.05) is 0 Å². The van der Waals surface area contributed by atoms with Gasteiger partial charge in [0.1, 0.15) is 12.1 Å². The molecular weight excluding hydrogens is 208 g/mol. The van der Waals surface area contributed by atoms with Crippen LogP contribution in [0.3, 0.4) is 0 Å². The third kappa shape index (κ3) is 2.85. The first kappa shape index (κ1) is 9.79. The Labute approximate surface area is 92.1 Å². The Morgan fingerprint density at radius 2 is 1.93 bits per heavy atom. The summed E-state index contributed by atoms with van der Waals surface area (Å²) in [6.45, 7) is 0. The van der Waals surface area contributed by atoms with Gasteiger partial charge in [0.2, 0.25) is 0 Å². The van der Waals surface area contributed by atoms with Crippen LogP contribution in [0.5, 0.6) is 0 Å². The van der Waals surface area contributed by atoms with E-state index in [9.17, 15) is 0 Å². The number of nitrogen functional groups attached to an aromatic ring is 1. The molecule has 2 aromatic rings. The smallest absolute Gasteiger partial charge is 0.139 e. The van der Waals surface area contributed by atoms with E-state index in [1.54, 1.807) is 6.20 Å². The third-order valence-electron chi connectivity index (χ3n) is 1.74. The van der Waals surface area contributed by atoms with E-state index < -0.39 is 0 Å². The van der Waals surface area contributed by atoms with Crippen molar-refractivity contribution in [3.8, 4) is 0 Å². The summed E-state index contributed by atoms with van der Waals surface area (Å²) in [6, 6.07) is 9.45.